The highest BCUT2D eigenvalue weighted by molar-refractivity contribution is 6.33. The maximum Gasteiger partial charge on any atom is 0.510 e. The van der Waals surface area contributed by atoms with Crippen molar-refractivity contribution in [1.82, 2.24) is 40.0 Å². The van der Waals surface area contributed by atoms with E-state index in [9.17, 15) is 9.59 Å². The normalized spacial score (nSPS) is 11.7. The standard InChI is InChI=1S/C21H20ClN9O4/c1-4-34-21(33)35-12(2)31-19(27-28-29-31)17-14(11-25-30(17)3)13-7-8-16(24-10-13)20(32)26-18-15(22)6-5-9-23-18/h5-12H,4H2,1-3H3,(H,23,26,32)/t12-/m0/s1. The second-order valence-corrected chi connectivity index (χ2v) is 7.50. The van der Waals surface area contributed by atoms with Gasteiger partial charge in [0.1, 0.15) is 11.4 Å². The molecule has 4 aromatic rings. The van der Waals surface area contributed by atoms with Gasteiger partial charge >= 0.3 is 6.16 Å². The second-order valence-electron chi connectivity index (χ2n) is 7.10. The number of hydrogen-bond donors (Lipinski definition) is 1. The number of carbonyl (C=O) groups excluding carboxylic acids is 2. The molecule has 14 heteroatoms. The monoisotopic (exact) mass is 497 g/mol. The molecule has 13 nitrogen and oxygen atoms in total. The van der Waals surface area contributed by atoms with Crippen molar-refractivity contribution in [2.24, 2.45) is 7.05 Å². The molecule has 0 saturated heterocycles. The van der Waals surface area contributed by atoms with Crippen molar-refractivity contribution in [3.63, 3.8) is 0 Å². The van der Waals surface area contributed by atoms with E-state index in [-0.39, 0.29) is 18.1 Å². The summed E-state index contributed by atoms with van der Waals surface area (Å²) in [5, 5.41) is 19.0. The van der Waals surface area contributed by atoms with Crippen molar-refractivity contribution in [2.45, 2.75) is 20.1 Å². The van der Waals surface area contributed by atoms with Crippen LogP contribution in [0.25, 0.3) is 22.6 Å². The topological polar surface area (TPSA) is 152 Å². The number of rotatable bonds is 7. The summed E-state index contributed by atoms with van der Waals surface area (Å²) in [4.78, 5) is 32.6. The van der Waals surface area contributed by atoms with E-state index in [1.54, 1.807) is 56.0 Å². The van der Waals surface area contributed by atoms with Crippen LogP contribution in [0.2, 0.25) is 5.02 Å². The van der Waals surface area contributed by atoms with Gasteiger partial charge in [0.2, 0.25) is 5.82 Å². The average Bonchev–Trinajstić information content (AvgIpc) is 3.47. The average molecular weight is 498 g/mol. The van der Waals surface area contributed by atoms with Gasteiger partial charge in [-0.25, -0.2) is 9.78 Å². The number of tetrazole rings is 1. The minimum absolute atomic E-state index is 0.169. The number of hydrogen-bond acceptors (Lipinski definition) is 10. The lowest BCUT2D eigenvalue weighted by atomic mass is 10.1. The second kappa shape index (κ2) is 10.3. The number of pyridine rings is 2. The van der Waals surface area contributed by atoms with Crippen LogP contribution < -0.4 is 5.32 Å². The van der Waals surface area contributed by atoms with Gasteiger partial charge in [-0.05, 0) is 42.5 Å². The first-order valence-corrected chi connectivity index (χ1v) is 10.8. The SMILES string of the molecule is CCOC(=O)O[C@@H](C)n1nnnc1-c1c(-c2ccc(C(=O)Nc3ncccc3Cl)nc2)cnn1C. The molecule has 1 atom stereocenters. The maximum atomic E-state index is 12.6. The van der Waals surface area contributed by atoms with Crippen molar-refractivity contribution in [2.75, 3.05) is 11.9 Å². The largest absolute Gasteiger partial charge is 0.510 e. The molecule has 0 aliphatic carbocycles. The number of amides is 1. The predicted molar refractivity (Wildman–Crippen MR) is 123 cm³/mol. The van der Waals surface area contributed by atoms with Gasteiger partial charge in [0, 0.05) is 30.6 Å². The van der Waals surface area contributed by atoms with E-state index in [2.05, 4.69) is 35.9 Å². The summed E-state index contributed by atoms with van der Waals surface area (Å²) in [6.07, 6.45) is 2.99. The Morgan fingerprint density at radius 2 is 2.03 bits per heavy atom. The van der Waals surface area contributed by atoms with E-state index < -0.39 is 18.3 Å². The Hall–Kier alpha value is -4.39. The molecule has 180 valence electrons. The molecule has 4 aromatic heterocycles. The van der Waals surface area contributed by atoms with Crippen LogP contribution in [0, 0.1) is 0 Å². The summed E-state index contributed by atoms with van der Waals surface area (Å²) in [5.41, 5.74) is 2.03. The van der Waals surface area contributed by atoms with Crippen molar-refractivity contribution < 1.29 is 19.1 Å². The van der Waals surface area contributed by atoms with Crippen LogP contribution in [0.15, 0.2) is 42.9 Å². The van der Waals surface area contributed by atoms with Crippen molar-refractivity contribution in [3.05, 3.63) is 53.6 Å². The Balaban J connectivity index is 1.59. The Morgan fingerprint density at radius 1 is 1.20 bits per heavy atom. The number of anilines is 1. The summed E-state index contributed by atoms with van der Waals surface area (Å²) in [5.74, 6) is 0.0893. The molecule has 0 fully saturated rings. The van der Waals surface area contributed by atoms with Crippen LogP contribution in [0.3, 0.4) is 0 Å². The summed E-state index contributed by atoms with van der Waals surface area (Å²) in [6.45, 7) is 3.46. The number of nitrogens with zero attached hydrogens (tertiary/aromatic N) is 8. The lowest BCUT2D eigenvalue weighted by Gasteiger charge is -2.14. The molecule has 1 amide bonds. The summed E-state index contributed by atoms with van der Waals surface area (Å²) >= 11 is 6.05. The molecule has 0 unspecified atom stereocenters. The molecule has 35 heavy (non-hydrogen) atoms. The molecule has 1 N–H and O–H groups in total. The van der Waals surface area contributed by atoms with Crippen LogP contribution in [-0.4, -0.2) is 58.6 Å². The quantitative estimate of drug-likeness (QED) is 0.377. The van der Waals surface area contributed by atoms with E-state index >= 15 is 0 Å². The number of ether oxygens (including phenoxy) is 2. The number of aryl methyl sites for hydroxylation is 1. The van der Waals surface area contributed by atoms with Gasteiger partial charge in [0.05, 0.1) is 17.8 Å². The molecule has 0 spiro atoms. The van der Waals surface area contributed by atoms with Gasteiger partial charge in [-0.1, -0.05) is 17.7 Å². The third-order valence-corrected chi connectivity index (χ3v) is 5.12. The van der Waals surface area contributed by atoms with Crippen molar-refractivity contribution in [1.29, 1.82) is 0 Å². The van der Waals surface area contributed by atoms with Crippen LogP contribution in [0.4, 0.5) is 10.6 Å². The molecular weight excluding hydrogens is 478 g/mol. The highest BCUT2D eigenvalue weighted by Crippen LogP contribution is 2.31. The van der Waals surface area contributed by atoms with Crippen LogP contribution >= 0.6 is 11.6 Å². The molecule has 0 radical (unpaired) electrons. The zero-order chi connectivity index (χ0) is 24.9. The van der Waals surface area contributed by atoms with Gasteiger partial charge < -0.3 is 14.8 Å². The summed E-state index contributed by atoms with van der Waals surface area (Å²) in [7, 11) is 1.72. The fourth-order valence-corrected chi connectivity index (χ4v) is 3.35. The van der Waals surface area contributed by atoms with Crippen molar-refractivity contribution in [3.8, 4) is 22.6 Å². The third-order valence-electron chi connectivity index (χ3n) is 4.81. The smallest absolute Gasteiger partial charge is 0.435 e. The fraction of sp³-hybridized carbons (Fsp3) is 0.238. The highest BCUT2D eigenvalue weighted by atomic mass is 35.5. The Bertz CT molecular complexity index is 1350. The number of aromatic nitrogens is 8. The van der Waals surface area contributed by atoms with Crippen molar-refractivity contribution >= 4 is 29.5 Å². The van der Waals surface area contributed by atoms with Gasteiger partial charge in [-0.3, -0.25) is 14.5 Å². The third kappa shape index (κ3) is 5.09. The van der Waals surface area contributed by atoms with E-state index in [4.69, 9.17) is 21.1 Å². The van der Waals surface area contributed by atoms with Gasteiger partial charge in [0.15, 0.2) is 12.0 Å². The van der Waals surface area contributed by atoms with Gasteiger partial charge in [0.25, 0.3) is 5.91 Å². The zero-order valence-corrected chi connectivity index (χ0v) is 19.7. The summed E-state index contributed by atoms with van der Waals surface area (Å²) < 4.78 is 13.0. The zero-order valence-electron chi connectivity index (χ0n) is 18.9. The molecule has 4 heterocycles. The predicted octanol–water partition coefficient (Wildman–Crippen LogP) is 3.13. The number of halogens is 1. The lowest BCUT2D eigenvalue weighted by Crippen LogP contribution is -2.18. The van der Waals surface area contributed by atoms with E-state index in [0.717, 1.165) is 0 Å². The Morgan fingerprint density at radius 3 is 2.74 bits per heavy atom. The van der Waals surface area contributed by atoms with Crippen LogP contribution in [0.5, 0.6) is 0 Å². The van der Waals surface area contributed by atoms with Gasteiger partial charge in [-0.2, -0.15) is 9.78 Å². The lowest BCUT2D eigenvalue weighted by molar-refractivity contribution is 0.00140. The first kappa shape index (κ1) is 23.8. The first-order chi connectivity index (χ1) is 16.9. The minimum Gasteiger partial charge on any atom is -0.435 e. The van der Waals surface area contributed by atoms with Crippen LogP contribution in [0.1, 0.15) is 30.6 Å². The minimum atomic E-state index is -0.843. The number of carbonyl (C=O) groups is 2. The Kier molecular flexibility index (Phi) is 6.96. The number of nitrogens with one attached hydrogen (secondary N) is 1. The molecule has 0 bridgehead atoms. The molecule has 0 saturated carbocycles. The summed E-state index contributed by atoms with van der Waals surface area (Å²) in [6, 6.07) is 6.57. The van der Waals surface area contributed by atoms with E-state index in [0.29, 0.717) is 27.7 Å². The fourth-order valence-electron chi connectivity index (χ4n) is 3.19. The first-order valence-electron chi connectivity index (χ1n) is 10.4. The molecule has 0 aliphatic heterocycles. The maximum absolute atomic E-state index is 12.6. The molecule has 0 aliphatic rings. The highest BCUT2D eigenvalue weighted by Gasteiger charge is 2.24. The van der Waals surface area contributed by atoms with E-state index in [1.807, 2.05) is 0 Å². The molecule has 4 rings (SSSR count). The van der Waals surface area contributed by atoms with Gasteiger partial charge in [-0.15, -0.1) is 5.10 Å². The van der Waals surface area contributed by atoms with E-state index in [1.165, 1.54) is 17.1 Å². The molecular formula is C21H20ClN9O4. The van der Waals surface area contributed by atoms with Crippen LogP contribution in [-0.2, 0) is 16.5 Å². The Labute approximate surface area is 204 Å². The molecule has 0 aromatic carbocycles.